The van der Waals surface area contributed by atoms with E-state index in [4.69, 9.17) is 4.74 Å². The third-order valence-electron chi connectivity index (χ3n) is 6.02. The summed E-state index contributed by atoms with van der Waals surface area (Å²) >= 11 is 0. The van der Waals surface area contributed by atoms with Gasteiger partial charge in [-0.1, -0.05) is 30.3 Å². The number of nitrogens with zero attached hydrogens (tertiary/aromatic N) is 1. The molecule has 0 atom stereocenters. The Morgan fingerprint density at radius 3 is 2.48 bits per heavy atom. The zero-order valence-electron chi connectivity index (χ0n) is 17.1. The lowest BCUT2D eigenvalue weighted by Crippen LogP contribution is -2.30. The Labute approximate surface area is 178 Å². The molecule has 5 heteroatoms. The number of para-hydroxylation sites is 1. The Morgan fingerprint density at radius 2 is 1.79 bits per heavy atom. The van der Waals surface area contributed by atoms with Crippen LogP contribution in [0.1, 0.15) is 40.0 Å². The number of piperidine rings is 1. The molecule has 1 N–H and O–H groups in total. The lowest BCUT2D eigenvalue weighted by Gasteiger charge is -2.24. The van der Waals surface area contributed by atoms with Gasteiger partial charge < -0.3 is 14.6 Å². The van der Waals surface area contributed by atoms with Gasteiger partial charge in [-0.05, 0) is 74.5 Å². The van der Waals surface area contributed by atoms with Crippen molar-refractivity contribution in [3.8, 4) is 0 Å². The largest absolute Gasteiger partial charge is 0.465 e. The fourth-order valence-corrected chi connectivity index (χ4v) is 4.36. The van der Waals surface area contributed by atoms with Gasteiger partial charge in [0.2, 0.25) is 0 Å². The molecule has 0 bridgehead atoms. The molecule has 2 aromatic carbocycles. The van der Waals surface area contributed by atoms with Crippen molar-refractivity contribution >= 4 is 29.3 Å². The molecule has 0 amide bonds. The van der Waals surface area contributed by atoms with Crippen LogP contribution >= 0.6 is 12.4 Å². The highest BCUT2D eigenvalue weighted by Gasteiger charge is 2.19. The Hall–Kier alpha value is -2.30. The third kappa shape index (κ3) is 4.49. The maximum atomic E-state index is 11.7. The molecule has 154 valence electrons. The van der Waals surface area contributed by atoms with Crippen LogP contribution in [0.4, 0.5) is 0 Å². The van der Waals surface area contributed by atoms with Crippen LogP contribution in [0, 0.1) is 12.8 Å². The molecule has 0 spiro atoms. The number of methoxy groups -OCH3 is 1. The standard InChI is InChI=1S/C24H28N2O2.ClH/c1-17-22(15-18-7-9-20(10-8-18)24(27)28-2)21-5-3-4-6-23(21)26(17)16-19-11-13-25-14-12-19;/h3-10,19,25H,11-16H2,1-2H3;1H. The summed E-state index contributed by atoms with van der Waals surface area (Å²) in [5.74, 6) is 0.448. The Kier molecular flexibility index (Phi) is 6.99. The molecule has 4 rings (SSSR count). The Bertz CT molecular complexity index is 972. The molecule has 0 aliphatic carbocycles. The van der Waals surface area contributed by atoms with E-state index in [1.165, 1.54) is 47.7 Å². The van der Waals surface area contributed by atoms with Crippen LogP contribution < -0.4 is 5.32 Å². The highest BCUT2D eigenvalue weighted by atomic mass is 35.5. The number of aromatic nitrogens is 1. The summed E-state index contributed by atoms with van der Waals surface area (Å²) in [5, 5.41) is 4.80. The lowest BCUT2D eigenvalue weighted by molar-refractivity contribution is 0.0600. The number of carbonyl (C=O) groups excluding carboxylic acids is 1. The first kappa shape index (κ1) is 21.4. The molecule has 1 aliphatic heterocycles. The second-order valence-corrected chi connectivity index (χ2v) is 7.75. The van der Waals surface area contributed by atoms with Gasteiger partial charge in [-0.15, -0.1) is 12.4 Å². The predicted octanol–water partition coefficient (Wildman–Crippen LogP) is 4.75. The normalized spacial score (nSPS) is 14.6. The molecule has 0 unspecified atom stereocenters. The van der Waals surface area contributed by atoms with E-state index in [2.05, 4.69) is 41.1 Å². The van der Waals surface area contributed by atoms with E-state index in [0.717, 1.165) is 32.0 Å². The number of nitrogens with one attached hydrogen (secondary N) is 1. The van der Waals surface area contributed by atoms with Gasteiger partial charge in [0.1, 0.15) is 0 Å². The fourth-order valence-electron chi connectivity index (χ4n) is 4.36. The highest BCUT2D eigenvalue weighted by molar-refractivity contribution is 5.89. The molecular weight excluding hydrogens is 384 g/mol. The number of ether oxygens (including phenoxy) is 1. The van der Waals surface area contributed by atoms with E-state index in [1.54, 1.807) is 0 Å². The summed E-state index contributed by atoms with van der Waals surface area (Å²) < 4.78 is 7.32. The Balaban J connectivity index is 0.00000240. The van der Waals surface area contributed by atoms with Gasteiger partial charge >= 0.3 is 5.97 Å². The number of esters is 1. The quantitative estimate of drug-likeness (QED) is 0.615. The molecule has 2 heterocycles. The monoisotopic (exact) mass is 412 g/mol. The first-order valence-electron chi connectivity index (χ1n) is 10.1. The SMILES string of the molecule is COC(=O)c1ccc(Cc2c(C)n(CC3CCNCC3)c3ccccc23)cc1.Cl. The van der Waals surface area contributed by atoms with Crippen molar-refractivity contribution in [2.75, 3.05) is 20.2 Å². The smallest absolute Gasteiger partial charge is 0.337 e. The van der Waals surface area contributed by atoms with E-state index in [9.17, 15) is 4.79 Å². The predicted molar refractivity (Wildman–Crippen MR) is 120 cm³/mol. The molecule has 4 nitrogen and oxygen atoms in total. The number of halogens is 1. The van der Waals surface area contributed by atoms with Crippen molar-refractivity contribution in [3.63, 3.8) is 0 Å². The number of hydrogen-bond acceptors (Lipinski definition) is 3. The zero-order chi connectivity index (χ0) is 19.5. The molecule has 0 radical (unpaired) electrons. The highest BCUT2D eigenvalue weighted by Crippen LogP contribution is 2.30. The number of benzene rings is 2. The summed E-state index contributed by atoms with van der Waals surface area (Å²) in [5.41, 5.74) is 5.88. The van der Waals surface area contributed by atoms with Crippen molar-refractivity contribution in [2.45, 2.75) is 32.7 Å². The summed E-state index contributed by atoms with van der Waals surface area (Å²) in [6.07, 6.45) is 3.36. The molecule has 1 aromatic heterocycles. The van der Waals surface area contributed by atoms with E-state index < -0.39 is 0 Å². The average molecular weight is 413 g/mol. The van der Waals surface area contributed by atoms with Crippen LogP contribution in [0.2, 0.25) is 0 Å². The van der Waals surface area contributed by atoms with Crippen LogP contribution in [0.5, 0.6) is 0 Å². The molecule has 1 fully saturated rings. The molecule has 0 saturated carbocycles. The van der Waals surface area contributed by atoms with Crippen molar-refractivity contribution in [1.82, 2.24) is 9.88 Å². The van der Waals surface area contributed by atoms with Gasteiger partial charge in [-0.25, -0.2) is 4.79 Å². The number of carbonyl (C=O) groups is 1. The maximum Gasteiger partial charge on any atom is 0.337 e. The fraction of sp³-hybridized carbons (Fsp3) is 0.375. The van der Waals surface area contributed by atoms with Gasteiger partial charge in [0.15, 0.2) is 0 Å². The second-order valence-electron chi connectivity index (χ2n) is 7.75. The van der Waals surface area contributed by atoms with Crippen LogP contribution in [-0.2, 0) is 17.7 Å². The number of fused-ring (bicyclic) bond motifs is 1. The summed E-state index contributed by atoms with van der Waals surface area (Å²) in [7, 11) is 1.41. The topological polar surface area (TPSA) is 43.3 Å². The van der Waals surface area contributed by atoms with Gasteiger partial charge in [-0.3, -0.25) is 0 Å². The average Bonchev–Trinajstić information content (AvgIpc) is 3.00. The number of hydrogen-bond donors (Lipinski definition) is 1. The van der Waals surface area contributed by atoms with Crippen molar-refractivity contribution in [3.05, 3.63) is 70.9 Å². The second kappa shape index (κ2) is 9.47. The lowest BCUT2D eigenvalue weighted by atomic mass is 9.98. The molecule has 29 heavy (non-hydrogen) atoms. The zero-order valence-corrected chi connectivity index (χ0v) is 17.9. The van der Waals surface area contributed by atoms with Crippen LogP contribution in [-0.4, -0.2) is 30.7 Å². The van der Waals surface area contributed by atoms with Crippen LogP contribution in [0.3, 0.4) is 0 Å². The van der Waals surface area contributed by atoms with E-state index in [1.807, 2.05) is 24.3 Å². The first-order valence-corrected chi connectivity index (χ1v) is 10.1. The van der Waals surface area contributed by atoms with Gasteiger partial charge in [-0.2, -0.15) is 0 Å². The van der Waals surface area contributed by atoms with Gasteiger partial charge in [0.25, 0.3) is 0 Å². The minimum atomic E-state index is -0.290. The van der Waals surface area contributed by atoms with Gasteiger partial charge in [0, 0.05) is 23.1 Å². The summed E-state index contributed by atoms with van der Waals surface area (Å²) in [4.78, 5) is 11.7. The minimum absolute atomic E-state index is 0. The third-order valence-corrected chi connectivity index (χ3v) is 6.02. The summed E-state index contributed by atoms with van der Waals surface area (Å²) in [6, 6.07) is 16.5. The van der Waals surface area contributed by atoms with Crippen LogP contribution in [0.15, 0.2) is 48.5 Å². The molecular formula is C24H29ClN2O2. The van der Waals surface area contributed by atoms with Crippen molar-refractivity contribution in [1.29, 1.82) is 0 Å². The molecule has 3 aromatic rings. The number of rotatable bonds is 5. The first-order chi connectivity index (χ1) is 13.7. The van der Waals surface area contributed by atoms with E-state index in [0.29, 0.717) is 5.56 Å². The molecule has 1 aliphatic rings. The van der Waals surface area contributed by atoms with Crippen molar-refractivity contribution in [2.24, 2.45) is 5.92 Å². The van der Waals surface area contributed by atoms with E-state index in [-0.39, 0.29) is 18.4 Å². The Morgan fingerprint density at radius 1 is 1.10 bits per heavy atom. The van der Waals surface area contributed by atoms with Crippen LogP contribution in [0.25, 0.3) is 10.9 Å². The minimum Gasteiger partial charge on any atom is -0.465 e. The van der Waals surface area contributed by atoms with Gasteiger partial charge in [0.05, 0.1) is 12.7 Å². The molecule has 1 saturated heterocycles. The summed E-state index contributed by atoms with van der Waals surface area (Å²) in [6.45, 7) is 5.60. The maximum absolute atomic E-state index is 11.7. The van der Waals surface area contributed by atoms with E-state index >= 15 is 0 Å². The van der Waals surface area contributed by atoms with Crippen molar-refractivity contribution < 1.29 is 9.53 Å².